The van der Waals surface area contributed by atoms with Crippen molar-refractivity contribution >= 4 is 17.8 Å². The zero-order chi connectivity index (χ0) is 21.7. The number of aromatic amines is 1. The molecule has 1 saturated heterocycles. The molecule has 30 heavy (non-hydrogen) atoms. The summed E-state index contributed by atoms with van der Waals surface area (Å²) in [5, 5.41) is 21.4. The molecule has 3 unspecified atom stereocenters. The van der Waals surface area contributed by atoms with Gasteiger partial charge in [-0.2, -0.15) is 0 Å². The molecule has 0 saturated carbocycles. The third-order valence-corrected chi connectivity index (χ3v) is 5.14. The van der Waals surface area contributed by atoms with Crippen molar-refractivity contribution in [3.63, 3.8) is 0 Å². The van der Waals surface area contributed by atoms with Crippen molar-refractivity contribution in [1.29, 1.82) is 0 Å². The number of phenols is 1. The summed E-state index contributed by atoms with van der Waals surface area (Å²) in [7, 11) is 0. The molecule has 1 aliphatic rings. The number of aromatic hydroxyl groups is 1. The van der Waals surface area contributed by atoms with E-state index in [-0.39, 0.29) is 24.5 Å². The number of carboxylic acids is 1. The van der Waals surface area contributed by atoms with Crippen LogP contribution in [0.5, 0.6) is 5.75 Å². The summed E-state index contributed by atoms with van der Waals surface area (Å²) in [5.74, 6) is -1.97. The van der Waals surface area contributed by atoms with E-state index < -0.39 is 30.0 Å². The Morgan fingerprint density at radius 3 is 2.63 bits per heavy atom. The molecule has 10 heteroatoms. The van der Waals surface area contributed by atoms with Crippen LogP contribution < -0.4 is 11.1 Å². The molecule has 6 N–H and O–H groups in total. The molecule has 1 aromatic carbocycles. The van der Waals surface area contributed by atoms with Gasteiger partial charge in [-0.05, 0) is 30.5 Å². The van der Waals surface area contributed by atoms with E-state index >= 15 is 0 Å². The molecule has 160 valence electrons. The number of aromatic nitrogens is 2. The number of carbonyl (C=O) groups is 3. The van der Waals surface area contributed by atoms with Crippen molar-refractivity contribution in [3.8, 4) is 5.75 Å². The van der Waals surface area contributed by atoms with Crippen molar-refractivity contribution < 1.29 is 24.6 Å². The molecular weight excluding hydrogens is 390 g/mol. The number of nitrogens with one attached hydrogen (secondary N) is 2. The molecule has 0 spiro atoms. The number of aliphatic carboxylic acids is 1. The highest BCUT2D eigenvalue weighted by molar-refractivity contribution is 5.92. The maximum Gasteiger partial charge on any atom is 0.326 e. The smallest absolute Gasteiger partial charge is 0.326 e. The van der Waals surface area contributed by atoms with Gasteiger partial charge in [-0.15, -0.1) is 0 Å². The third kappa shape index (κ3) is 5.15. The van der Waals surface area contributed by atoms with Crippen LogP contribution in [0.15, 0.2) is 36.8 Å². The lowest BCUT2D eigenvalue weighted by Gasteiger charge is -2.27. The lowest BCUT2D eigenvalue weighted by Crippen LogP contribution is -2.54. The zero-order valence-corrected chi connectivity index (χ0v) is 16.3. The number of hydrogen-bond donors (Lipinski definition) is 5. The second kappa shape index (κ2) is 9.40. The van der Waals surface area contributed by atoms with Crippen LogP contribution in [0, 0.1) is 0 Å². The summed E-state index contributed by atoms with van der Waals surface area (Å²) in [6.45, 7) is 0.392. The van der Waals surface area contributed by atoms with Gasteiger partial charge in [0.25, 0.3) is 0 Å². The predicted molar refractivity (Wildman–Crippen MR) is 106 cm³/mol. The molecule has 2 amide bonds. The number of rotatable bonds is 8. The van der Waals surface area contributed by atoms with Crippen LogP contribution in [-0.2, 0) is 27.2 Å². The standard InChI is InChI=1S/C20H25N5O5/c21-15(9-13-10-22-11-23-13)19(28)25-7-1-2-17(25)18(27)24-16(20(29)30)8-12-3-5-14(26)6-4-12/h3-6,10-11,15-17,26H,1-2,7-9,21H2,(H,22,23)(H,24,27)(H,29,30). The van der Waals surface area contributed by atoms with E-state index in [2.05, 4.69) is 15.3 Å². The first-order valence-electron chi connectivity index (χ1n) is 9.69. The van der Waals surface area contributed by atoms with Crippen LogP contribution in [0.2, 0.25) is 0 Å². The Balaban J connectivity index is 1.63. The molecule has 1 aliphatic heterocycles. The molecule has 3 rings (SSSR count). The highest BCUT2D eigenvalue weighted by Gasteiger charge is 2.37. The van der Waals surface area contributed by atoms with Gasteiger partial charge in [-0.25, -0.2) is 9.78 Å². The average Bonchev–Trinajstić information content (AvgIpc) is 3.40. The van der Waals surface area contributed by atoms with Gasteiger partial charge in [0.1, 0.15) is 17.8 Å². The molecule has 2 aromatic rings. The van der Waals surface area contributed by atoms with E-state index in [4.69, 9.17) is 5.73 Å². The quantitative estimate of drug-likeness (QED) is 0.398. The molecule has 1 aromatic heterocycles. The molecule has 10 nitrogen and oxygen atoms in total. The summed E-state index contributed by atoms with van der Waals surface area (Å²) in [5.41, 5.74) is 7.40. The first-order valence-corrected chi connectivity index (χ1v) is 9.69. The zero-order valence-electron chi connectivity index (χ0n) is 16.3. The number of benzene rings is 1. The number of amides is 2. The van der Waals surface area contributed by atoms with Crippen LogP contribution in [0.3, 0.4) is 0 Å². The normalized spacial score (nSPS) is 18.0. The van der Waals surface area contributed by atoms with Gasteiger partial charge < -0.3 is 31.1 Å². The highest BCUT2D eigenvalue weighted by atomic mass is 16.4. The van der Waals surface area contributed by atoms with Crippen LogP contribution in [0.1, 0.15) is 24.1 Å². The van der Waals surface area contributed by atoms with Crippen molar-refractivity contribution in [2.75, 3.05) is 6.54 Å². The Kier molecular flexibility index (Phi) is 6.68. The van der Waals surface area contributed by atoms with E-state index in [0.717, 1.165) is 5.69 Å². The lowest BCUT2D eigenvalue weighted by molar-refractivity contribution is -0.144. The Hall–Kier alpha value is -3.40. The Morgan fingerprint density at radius 1 is 1.27 bits per heavy atom. The van der Waals surface area contributed by atoms with Crippen molar-refractivity contribution in [2.24, 2.45) is 5.73 Å². The fourth-order valence-corrected chi connectivity index (χ4v) is 3.57. The van der Waals surface area contributed by atoms with Crippen LogP contribution in [-0.4, -0.2) is 67.5 Å². The highest BCUT2D eigenvalue weighted by Crippen LogP contribution is 2.20. The van der Waals surface area contributed by atoms with Gasteiger partial charge in [0.05, 0.1) is 12.4 Å². The van der Waals surface area contributed by atoms with Gasteiger partial charge in [0.15, 0.2) is 0 Å². The second-order valence-electron chi connectivity index (χ2n) is 7.35. The maximum absolute atomic E-state index is 12.8. The monoisotopic (exact) mass is 415 g/mol. The van der Waals surface area contributed by atoms with E-state index in [1.807, 2.05) is 0 Å². The van der Waals surface area contributed by atoms with Gasteiger partial charge in [-0.3, -0.25) is 9.59 Å². The summed E-state index contributed by atoms with van der Waals surface area (Å²) in [6, 6.07) is 3.36. The minimum atomic E-state index is -1.18. The van der Waals surface area contributed by atoms with Crippen LogP contribution in [0.4, 0.5) is 0 Å². The largest absolute Gasteiger partial charge is 0.508 e. The van der Waals surface area contributed by atoms with Gasteiger partial charge in [0.2, 0.25) is 11.8 Å². The van der Waals surface area contributed by atoms with Gasteiger partial charge >= 0.3 is 5.97 Å². The number of imidazole rings is 1. The molecular formula is C20H25N5O5. The SMILES string of the molecule is NC(Cc1cnc[nH]1)C(=O)N1CCCC1C(=O)NC(Cc1ccc(O)cc1)C(=O)O. The average molecular weight is 415 g/mol. The number of likely N-dealkylation sites (tertiary alicyclic amines) is 1. The molecule has 2 heterocycles. The Bertz CT molecular complexity index is 884. The maximum atomic E-state index is 12.8. The number of nitrogens with zero attached hydrogens (tertiary/aromatic N) is 2. The summed E-state index contributed by atoms with van der Waals surface area (Å²) in [4.78, 5) is 45.4. The van der Waals surface area contributed by atoms with Crippen LogP contribution >= 0.6 is 0 Å². The first kappa shape index (κ1) is 21.3. The van der Waals surface area contributed by atoms with Crippen molar-refractivity contribution in [3.05, 3.63) is 48.0 Å². The van der Waals surface area contributed by atoms with Crippen LogP contribution in [0.25, 0.3) is 0 Å². The summed E-state index contributed by atoms with van der Waals surface area (Å²) in [6.07, 6.45) is 4.49. The summed E-state index contributed by atoms with van der Waals surface area (Å²) >= 11 is 0. The van der Waals surface area contributed by atoms with E-state index in [1.165, 1.54) is 23.4 Å². The Morgan fingerprint density at radius 2 is 2.00 bits per heavy atom. The van der Waals surface area contributed by atoms with E-state index in [1.54, 1.807) is 18.3 Å². The third-order valence-electron chi connectivity index (χ3n) is 5.14. The molecule has 0 aliphatic carbocycles. The molecule has 3 atom stereocenters. The minimum absolute atomic E-state index is 0.0569. The second-order valence-corrected chi connectivity index (χ2v) is 7.35. The summed E-state index contributed by atoms with van der Waals surface area (Å²) < 4.78 is 0. The van der Waals surface area contributed by atoms with Crippen molar-refractivity contribution in [2.45, 2.75) is 43.8 Å². The number of carbonyl (C=O) groups excluding carboxylic acids is 2. The number of H-pyrrole nitrogens is 1. The number of hydrogen-bond acceptors (Lipinski definition) is 6. The molecule has 0 radical (unpaired) electrons. The predicted octanol–water partition coefficient (Wildman–Crippen LogP) is -0.212. The fourth-order valence-electron chi connectivity index (χ4n) is 3.57. The topological polar surface area (TPSA) is 162 Å². The fraction of sp³-hybridized carbons (Fsp3) is 0.400. The number of phenolic OH excluding ortho intramolecular Hbond substituents is 1. The lowest BCUT2D eigenvalue weighted by atomic mass is 10.0. The van der Waals surface area contributed by atoms with E-state index in [9.17, 15) is 24.6 Å². The first-order chi connectivity index (χ1) is 14.3. The molecule has 0 bridgehead atoms. The number of nitrogens with two attached hydrogens (primary N) is 1. The molecule has 1 fully saturated rings. The van der Waals surface area contributed by atoms with Gasteiger partial charge in [-0.1, -0.05) is 12.1 Å². The Labute approximate surface area is 173 Å². The van der Waals surface area contributed by atoms with Crippen molar-refractivity contribution in [1.82, 2.24) is 20.2 Å². The minimum Gasteiger partial charge on any atom is -0.508 e. The van der Waals surface area contributed by atoms with Gasteiger partial charge in [0, 0.05) is 31.3 Å². The number of carboxylic acid groups (broad SMARTS) is 1. The van der Waals surface area contributed by atoms with E-state index in [0.29, 0.717) is 24.9 Å².